The summed E-state index contributed by atoms with van der Waals surface area (Å²) in [6.07, 6.45) is 0.600. The number of aromatic carboxylic acids is 1. The number of thiol groups is 1. The first-order valence-corrected chi connectivity index (χ1v) is 5.21. The topological polar surface area (TPSA) is 104 Å². The predicted octanol–water partition coefficient (Wildman–Crippen LogP) is -0.111. The summed E-state index contributed by atoms with van der Waals surface area (Å²) in [4.78, 5) is 17.6. The van der Waals surface area contributed by atoms with E-state index in [1.807, 2.05) is 0 Å². The maximum absolute atomic E-state index is 10.5. The zero-order chi connectivity index (χ0) is 12.1. The molecule has 0 saturated heterocycles. The fourth-order valence-corrected chi connectivity index (χ4v) is 1.38. The first-order valence-electron chi connectivity index (χ1n) is 4.58. The van der Waals surface area contributed by atoms with Crippen LogP contribution in [0.2, 0.25) is 0 Å². The van der Waals surface area contributed by atoms with Gasteiger partial charge in [-0.1, -0.05) is 0 Å². The molecule has 1 aromatic rings. The number of aliphatic hydroxyl groups excluding tert-OH is 2. The average Bonchev–Trinajstić information content (AvgIpc) is 2.28. The molecule has 3 N–H and O–H groups in total. The van der Waals surface area contributed by atoms with Crippen molar-refractivity contribution in [2.45, 2.75) is 18.6 Å². The summed E-state index contributed by atoms with van der Waals surface area (Å²) in [5.74, 6) is -1.15. The third-order valence-corrected chi connectivity index (χ3v) is 2.25. The van der Waals surface area contributed by atoms with Crippen molar-refractivity contribution in [2.75, 3.05) is 5.75 Å². The van der Waals surface area contributed by atoms with Crippen LogP contribution in [0.15, 0.2) is 12.4 Å². The lowest BCUT2D eigenvalue weighted by atomic mass is 10.1. The van der Waals surface area contributed by atoms with Gasteiger partial charge in [0.05, 0.1) is 6.10 Å². The third kappa shape index (κ3) is 3.16. The van der Waals surface area contributed by atoms with E-state index in [1.165, 1.54) is 12.4 Å². The van der Waals surface area contributed by atoms with Gasteiger partial charge in [0.25, 0.3) is 0 Å². The lowest BCUT2D eigenvalue weighted by molar-refractivity contribution is 0.0168. The second-order valence-electron chi connectivity index (χ2n) is 3.17. The predicted molar refractivity (Wildman–Crippen MR) is 58.4 cm³/mol. The normalized spacial score (nSPS) is 14.4. The van der Waals surface area contributed by atoms with Crippen molar-refractivity contribution in [1.82, 2.24) is 9.97 Å². The summed E-state index contributed by atoms with van der Waals surface area (Å²) in [6, 6.07) is 0. The molecule has 0 amide bonds. The van der Waals surface area contributed by atoms with Crippen molar-refractivity contribution in [2.24, 2.45) is 0 Å². The highest BCUT2D eigenvalue weighted by Crippen LogP contribution is 2.17. The van der Waals surface area contributed by atoms with Gasteiger partial charge in [-0.3, -0.25) is 0 Å². The van der Waals surface area contributed by atoms with E-state index >= 15 is 0 Å². The highest BCUT2D eigenvalue weighted by Gasteiger charge is 2.19. The first kappa shape index (κ1) is 12.9. The van der Waals surface area contributed by atoms with Crippen LogP contribution in [-0.4, -0.2) is 43.1 Å². The van der Waals surface area contributed by atoms with Crippen LogP contribution >= 0.6 is 12.6 Å². The number of carboxylic acid groups (broad SMARTS) is 1. The molecule has 0 radical (unpaired) electrons. The van der Waals surface area contributed by atoms with Crippen molar-refractivity contribution in [3.63, 3.8) is 0 Å². The van der Waals surface area contributed by atoms with Gasteiger partial charge < -0.3 is 15.3 Å². The lowest BCUT2D eigenvalue weighted by Gasteiger charge is -2.16. The van der Waals surface area contributed by atoms with Crippen molar-refractivity contribution >= 4 is 18.6 Å². The van der Waals surface area contributed by atoms with Gasteiger partial charge in [-0.25, -0.2) is 14.8 Å². The molecule has 2 atom stereocenters. The van der Waals surface area contributed by atoms with E-state index in [0.717, 1.165) is 0 Å². The summed E-state index contributed by atoms with van der Waals surface area (Å²) in [5, 5.41) is 27.7. The van der Waals surface area contributed by atoms with Crippen LogP contribution in [0.1, 0.15) is 28.7 Å². The monoisotopic (exact) mass is 244 g/mol. The average molecular weight is 244 g/mol. The van der Waals surface area contributed by atoms with E-state index in [2.05, 4.69) is 22.6 Å². The van der Waals surface area contributed by atoms with Crippen molar-refractivity contribution < 1.29 is 20.1 Å². The largest absolute Gasteiger partial charge is 0.475 e. The van der Waals surface area contributed by atoms with Gasteiger partial charge in [-0.05, 0) is 12.2 Å². The zero-order valence-electron chi connectivity index (χ0n) is 8.32. The molecule has 0 bridgehead atoms. The molecular formula is C9H12N2O4S. The first-order chi connectivity index (χ1) is 7.56. The number of carbonyl (C=O) groups is 1. The van der Waals surface area contributed by atoms with Crippen LogP contribution in [-0.2, 0) is 0 Å². The molecule has 0 fully saturated rings. The molecule has 0 spiro atoms. The molecular weight excluding hydrogens is 232 g/mol. The molecule has 7 heteroatoms. The van der Waals surface area contributed by atoms with Crippen molar-refractivity contribution in [3.8, 4) is 0 Å². The van der Waals surface area contributed by atoms with Gasteiger partial charge in [-0.2, -0.15) is 12.6 Å². The van der Waals surface area contributed by atoms with Gasteiger partial charge in [0.15, 0.2) is 0 Å². The minimum atomic E-state index is -1.24. The Morgan fingerprint density at radius 2 is 1.94 bits per heavy atom. The van der Waals surface area contributed by atoms with E-state index in [4.69, 9.17) is 5.11 Å². The minimum Gasteiger partial charge on any atom is -0.475 e. The zero-order valence-corrected chi connectivity index (χ0v) is 9.21. The van der Waals surface area contributed by atoms with Gasteiger partial charge in [-0.15, -0.1) is 0 Å². The highest BCUT2D eigenvalue weighted by atomic mass is 32.1. The molecule has 6 nitrogen and oxygen atoms in total. The standard InChI is InChI=1S/C9H12N2O4S/c12-6(1-2-16)7(13)5-3-10-8(9(14)15)11-4-5/h3-4,6-7,12-13,16H,1-2H2,(H,14,15). The fraction of sp³-hybridized carbons (Fsp3) is 0.444. The number of hydrogen-bond acceptors (Lipinski definition) is 6. The molecule has 1 rings (SSSR count). The SMILES string of the molecule is O=C(O)c1ncc(C(O)C(O)CCS)cn1. The third-order valence-electron chi connectivity index (χ3n) is 1.99. The van der Waals surface area contributed by atoms with E-state index < -0.39 is 18.2 Å². The van der Waals surface area contributed by atoms with E-state index in [-0.39, 0.29) is 11.4 Å². The minimum absolute atomic E-state index is 0.277. The Morgan fingerprint density at radius 1 is 1.38 bits per heavy atom. The van der Waals surface area contributed by atoms with E-state index in [9.17, 15) is 15.0 Å². The molecule has 0 aliphatic heterocycles. The molecule has 2 unspecified atom stereocenters. The molecule has 1 aromatic heterocycles. The number of aliphatic hydroxyl groups is 2. The van der Waals surface area contributed by atoms with Gasteiger partial charge >= 0.3 is 5.97 Å². The molecule has 1 heterocycles. The summed E-state index contributed by atoms with van der Waals surface area (Å²) < 4.78 is 0. The Morgan fingerprint density at radius 3 is 2.38 bits per heavy atom. The number of aromatic nitrogens is 2. The van der Waals surface area contributed by atoms with Gasteiger partial charge in [0.1, 0.15) is 6.10 Å². The Labute approximate surface area is 97.4 Å². The maximum Gasteiger partial charge on any atom is 0.373 e. The maximum atomic E-state index is 10.5. The van der Waals surface area contributed by atoms with Crippen LogP contribution in [0, 0.1) is 0 Å². The molecule has 16 heavy (non-hydrogen) atoms. The summed E-state index contributed by atoms with van der Waals surface area (Å²) in [7, 11) is 0. The summed E-state index contributed by atoms with van der Waals surface area (Å²) in [5.41, 5.74) is 0.277. The van der Waals surface area contributed by atoms with E-state index in [0.29, 0.717) is 12.2 Å². The highest BCUT2D eigenvalue weighted by molar-refractivity contribution is 7.80. The lowest BCUT2D eigenvalue weighted by Crippen LogP contribution is -2.19. The second-order valence-corrected chi connectivity index (χ2v) is 3.62. The van der Waals surface area contributed by atoms with Crippen molar-refractivity contribution in [3.05, 3.63) is 23.8 Å². The van der Waals surface area contributed by atoms with Gasteiger partial charge in [0.2, 0.25) is 5.82 Å². The van der Waals surface area contributed by atoms with Gasteiger partial charge in [0, 0.05) is 18.0 Å². The number of rotatable bonds is 5. The molecule has 0 saturated carbocycles. The van der Waals surface area contributed by atoms with E-state index in [1.54, 1.807) is 0 Å². The molecule has 0 aliphatic rings. The van der Waals surface area contributed by atoms with Crippen molar-refractivity contribution in [1.29, 1.82) is 0 Å². The number of carboxylic acids is 1. The molecule has 0 aliphatic carbocycles. The van der Waals surface area contributed by atoms with Crippen LogP contribution < -0.4 is 0 Å². The van der Waals surface area contributed by atoms with Crippen LogP contribution in [0.4, 0.5) is 0 Å². The number of hydrogen-bond donors (Lipinski definition) is 4. The Bertz CT molecular complexity index is 357. The Hall–Kier alpha value is -1.18. The van der Waals surface area contributed by atoms with Crippen LogP contribution in [0.25, 0.3) is 0 Å². The fourth-order valence-electron chi connectivity index (χ4n) is 1.11. The Balaban J connectivity index is 2.77. The quantitative estimate of drug-likeness (QED) is 0.539. The Kier molecular flexibility index (Phi) is 4.66. The summed E-state index contributed by atoms with van der Waals surface area (Å²) in [6.45, 7) is 0. The van der Waals surface area contributed by atoms with Crippen LogP contribution in [0.3, 0.4) is 0 Å². The van der Waals surface area contributed by atoms with Crippen LogP contribution in [0.5, 0.6) is 0 Å². The second kappa shape index (κ2) is 5.78. The summed E-state index contributed by atoms with van der Waals surface area (Å²) >= 11 is 3.93. The number of nitrogens with zero attached hydrogens (tertiary/aromatic N) is 2. The smallest absolute Gasteiger partial charge is 0.373 e. The molecule has 0 aromatic carbocycles. The molecule has 88 valence electrons.